The van der Waals surface area contributed by atoms with Gasteiger partial charge < -0.3 is 38.8 Å². The Morgan fingerprint density at radius 1 is 0.407 bits per heavy atom. The number of pyridine rings is 3. The van der Waals surface area contributed by atoms with Crippen molar-refractivity contribution in [2.45, 2.75) is 162 Å². The fourth-order valence-corrected chi connectivity index (χ4v) is 21.0. The van der Waals surface area contributed by atoms with Crippen LogP contribution in [0.3, 0.4) is 0 Å². The molecule has 31 heteroatoms. The largest absolute Gasteiger partial charge is 0.502 e. The third kappa shape index (κ3) is 14.5. The van der Waals surface area contributed by atoms with E-state index < -0.39 is 125 Å². The summed E-state index contributed by atoms with van der Waals surface area (Å²) < 4.78 is 115. The Kier molecular flexibility index (Phi) is 21.4. The molecule has 614 valence electrons. The van der Waals surface area contributed by atoms with Crippen LogP contribution in [-0.4, -0.2) is 115 Å². The topological polar surface area (TPSA) is 228 Å². The van der Waals surface area contributed by atoms with Gasteiger partial charge in [0, 0.05) is 119 Å². The number of fused-ring (bicyclic) bond motifs is 12. The molecule has 3 saturated heterocycles. The van der Waals surface area contributed by atoms with Crippen molar-refractivity contribution in [2.75, 3.05) is 48.2 Å². The molecule has 9 aliphatic rings. The maximum atomic E-state index is 15.4. The number of hydrogen-bond donors (Lipinski definition) is 1. The van der Waals surface area contributed by atoms with Crippen molar-refractivity contribution < 1.29 is 74.4 Å². The standard InChI is InChI=1S/2C30H29F2N3O5S.C27H25F2N3O3S/c2*1-17(36)39-16-40-28-22(37)10-12-34-27(28)29(38)33-13-11-30(2,3)14-24(33)35(34)26-18-8-9-21(31)25(32)20(18)15-41-23-7-5-4-6-19(23)26;1-27(2)10-12-30-21(13-27)32(31-11-9-19(33)25(34)24(31)26(30)35)23-15-7-8-18(28)22(29)17(15)14-36-20-6-4-3-5-16(20)23/h2*4-10,12,24,26H,11,13-16H2,1-3H3;3-9,11,21,23,34H,10,12-14H2,1-2H3/t2*24-,26+;21-,23+/m111/s1. The summed E-state index contributed by atoms with van der Waals surface area (Å²) >= 11 is 4.29. The summed E-state index contributed by atoms with van der Waals surface area (Å²) in [5.74, 6) is -8.20. The highest BCUT2D eigenvalue weighted by molar-refractivity contribution is 7.99. The summed E-state index contributed by atoms with van der Waals surface area (Å²) in [7, 11) is 0. The number of piperidine rings is 3. The molecular weight excluding hydrogens is 1590 g/mol. The number of thioether (sulfide) groups is 3. The molecular formula is C87H83F6N9O13S3. The van der Waals surface area contributed by atoms with Crippen LogP contribution in [0.1, 0.15) is 194 Å². The second kappa shape index (κ2) is 31.3. The van der Waals surface area contributed by atoms with Gasteiger partial charge in [-0.25, -0.2) is 26.3 Å². The molecule has 0 unspecified atom stereocenters. The molecule has 1 N–H and O–H groups in total. The summed E-state index contributed by atoms with van der Waals surface area (Å²) in [5.41, 5.74) is 2.93. The zero-order chi connectivity index (χ0) is 83.5. The zero-order valence-corrected chi connectivity index (χ0v) is 68.0. The van der Waals surface area contributed by atoms with Gasteiger partial charge in [-0.2, -0.15) is 0 Å². The van der Waals surface area contributed by atoms with Crippen molar-refractivity contribution in [3.8, 4) is 17.2 Å². The van der Waals surface area contributed by atoms with Crippen molar-refractivity contribution in [2.24, 2.45) is 16.2 Å². The number of nitrogens with zero attached hydrogens (tertiary/aromatic N) is 9. The number of ether oxygens (including phenoxy) is 4. The lowest BCUT2D eigenvalue weighted by Crippen LogP contribution is -2.65. The van der Waals surface area contributed by atoms with Crippen LogP contribution in [0, 0.1) is 51.1 Å². The lowest BCUT2D eigenvalue weighted by atomic mass is 9.79. The van der Waals surface area contributed by atoms with Gasteiger partial charge in [-0.3, -0.25) is 67.4 Å². The first-order valence-corrected chi connectivity index (χ1v) is 41.6. The molecule has 3 aromatic heterocycles. The lowest BCUT2D eigenvalue weighted by molar-refractivity contribution is -0.148. The number of esters is 2. The monoisotopic (exact) mass is 1670 g/mol. The normalized spacial score (nSPS) is 21.2. The maximum Gasteiger partial charge on any atom is 0.305 e. The molecule has 6 aromatic carbocycles. The van der Waals surface area contributed by atoms with Crippen LogP contribution in [0.4, 0.5) is 26.3 Å². The summed E-state index contributed by atoms with van der Waals surface area (Å²) in [4.78, 5) is 111. The molecule has 18 rings (SSSR count). The van der Waals surface area contributed by atoms with Gasteiger partial charge in [0.1, 0.15) is 18.5 Å². The van der Waals surface area contributed by atoms with E-state index in [0.29, 0.717) is 55.6 Å². The Labute approximate surface area is 687 Å². The minimum Gasteiger partial charge on any atom is -0.502 e. The molecule has 22 nitrogen and oxygen atoms in total. The van der Waals surface area contributed by atoms with Crippen LogP contribution < -0.4 is 40.8 Å². The fraction of sp³-hybridized carbons (Fsp3) is 0.356. The van der Waals surface area contributed by atoms with E-state index >= 15 is 13.2 Å². The molecule has 0 spiro atoms. The minimum atomic E-state index is -0.923. The van der Waals surface area contributed by atoms with Crippen molar-refractivity contribution in [3.63, 3.8) is 0 Å². The zero-order valence-electron chi connectivity index (χ0n) is 65.6. The van der Waals surface area contributed by atoms with Gasteiger partial charge in [-0.05, 0) is 125 Å². The van der Waals surface area contributed by atoms with Crippen LogP contribution in [0.5, 0.6) is 17.2 Å². The Morgan fingerprint density at radius 2 is 0.703 bits per heavy atom. The van der Waals surface area contributed by atoms with Crippen molar-refractivity contribution in [1.82, 2.24) is 28.7 Å². The average molecular weight is 1670 g/mol. The third-order valence-corrected chi connectivity index (χ3v) is 27.0. The van der Waals surface area contributed by atoms with Crippen LogP contribution >= 0.6 is 35.3 Å². The molecule has 0 radical (unpaired) electrons. The van der Waals surface area contributed by atoms with Gasteiger partial charge in [0.25, 0.3) is 17.7 Å². The SMILES string of the molecule is CC(=O)OCOc1c2n(ccc1=O)N([C@@H]1c3ccccc3SCc3c1ccc(F)c3F)[C@@H]1CC(C)(C)CCN1C2=O.CC(=O)OCOc1c2n(ccc1=O)N([C@@H]1c3ccccc3SCc3c1ccc(F)c3F)[C@@H]1CC(C)(C)CCN1C2=O.CC1(C)CCN2C(=O)c3c(O)c(=O)ccn3N([C@@H]3c4ccccc4SCc4c3ccc(F)c4F)[C@@H]2C1. The van der Waals surface area contributed by atoms with E-state index in [4.69, 9.17) is 18.9 Å². The van der Waals surface area contributed by atoms with Gasteiger partial charge in [-0.1, -0.05) is 114 Å². The highest BCUT2D eigenvalue weighted by Gasteiger charge is 2.53. The molecule has 9 aliphatic heterocycles. The van der Waals surface area contributed by atoms with Crippen molar-refractivity contribution in [1.29, 1.82) is 0 Å². The quantitative estimate of drug-likeness (QED) is 0.0804. The van der Waals surface area contributed by atoms with Gasteiger partial charge in [0.15, 0.2) is 57.7 Å². The molecule has 6 atom stereocenters. The van der Waals surface area contributed by atoms with E-state index in [9.17, 15) is 56.6 Å². The molecule has 0 saturated carbocycles. The maximum absolute atomic E-state index is 15.4. The smallest absolute Gasteiger partial charge is 0.305 e. The summed E-state index contributed by atoms with van der Waals surface area (Å²) in [6.45, 7) is 15.5. The van der Waals surface area contributed by atoms with Crippen LogP contribution in [-0.2, 0) is 36.3 Å². The molecule has 3 amide bonds. The van der Waals surface area contributed by atoms with Crippen LogP contribution in [0.25, 0.3) is 0 Å². The molecule has 0 bridgehead atoms. The Bertz CT molecular complexity index is 5590. The van der Waals surface area contributed by atoms with Crippen molar-refractivity contribution >= 4 is 64.9 Å². The number of amides is 3. The average Bonchev–Trinajstić information content (AvgIpc) is 1.03. The first-order valence-electron chi connectivity index (χ1n) is 38.6. The van der Waals surface area contributed by atoms with Gasteiger partial charge in [-0.15, -0.1) is 35.3 Å². The first-order chi connectivity index (χ1) is 56.3. The second-order valence-corrected chi connectivity index (χ2v) is 35.9. The van der Waals surface area contributed by atoms with Crippen LogP contribution in [0.15, 0.2) is 175 Å². The highest BCUT2D eigenvalue weighted by atomic mass is 32.2. The summed E-state index contributed by atoms with van der Waals surface area (Å²) in [5, 5.41) is 16.6. The van der Waals surface area contributed by atoms with E-state index in [1.165, 1.54) is 85.9 Å². The third-order valence-electron chi connectivity index (χ3n) is 23.6. The van der Waals surface area contributed by atoms with Crippen molar-refractivity contribution in [3.05, 3.63) is 279 Å². The van der Waals surface area contributed by atoms with Crippen LogP contribution in [0.2, 0.25) is 0 Å². The lowest BCUT2D eigenvalue weighted by Gasteiger charge is -2.54. The number of benzene rings is 6. The Balaban J connectivity index is 0.000000133. The molecule has 0 aliphatic carbocycles. The molecule has 118 heavy (non-hydrogen) atoms. The molecule has 9 aromatic rings. The predicted octanol–water partition coefficient (Wildman–Crippen LogP) is 14.7. The number of aromatic hydroxyl groups is 1. The van der Waals surface area contributed by atoms with E-state index in [1.54, 1.807) is 46.9 Å². The van der Waals surface area contributed by atoms with E-state index in [2.05, 4.69) is 41.5 Å². The summed E-state index contributed by atoms with van der Waals surface area (Å²) in [6.07, 6.45) is 7.21. The van der Waals surface area contributed by atoms with E-state index in [0.717, 1.165) is 68.8 Å². The van der Waals surface area contributed by atoms with Gasteiger partial charge >= 0.3 is 11.9 Å². The Morgan fingerprint density at radius 3 is 1.03 bits per heavy atom. The number of carbonyl (C=O) groups excluding carboxylic acids is 5. The number of carbonyl (C=O) groups is 5. The minimum absolute atomic E-state index is 0.0147. The highest BCUT2D eigenvalue weighted by Crippen LogP contribution is 2.53. The van der Waals surface area contributed by atoms with E-state index in [1.807, 2.05) is 87.8 Å². The Hall–Kier alpha value is -11.1. The molecule has 3 fully saturated rings. The number of rotatable bonds is 9. The van der Waals surface area contributed by atoms with E-state index in [-0.39, 0.29) is 90.6 Å². The molecule has 12 heterocycles. The van der Waals surface area contributed by atoms with Gasteiger partial charge in [0.2, 0.25) is 41.4 Å². The number of aromatic nitrogens is 3. The fourth-order valence-electron chi connectivity index (χ4n) is 17.7. The number of hydrogen-bond acceptors (Lipinski definition) is 19. The predicted molar refractivity (Wildman–Crippen MR) is 429 cm³/mol. The first kappa shape index (κ1) is 80.7. The summed E-state index contributed by atoms with van der Waals surface area (Å²) in [6, 6.07) is 33.3. The van der Waals surface area contributed by atoms with Gasteiger partial charge in [0.05, 0.1) is 18.1 Å². The number of halogens is 6. The second-order valence-electron chi connectivity index (χ2n) is 32.8.